The number of ether oxygens (including phenoxy) is 2. The van der Waals surface area contributed by atoms with E-state index in [1.807, 2.05) is 67.3 Å². The number of hydrogen-bond acceptors (Lipinski definition) is 7. The Morgan fingerprint density at radius 3 is 2.64 bits per heavy atom. The van der Waals surface area contributed by atoms with E-state index in [1.165, 1.54) is 0 Å². The second kappa shape index (κ2) is 6.04. The van der Waals surface area contributed by atoms with Crippen molar-refractivity contribution in [2.45, 2.75) is 30.6 Å². The lowest BCUT2D eigenvalue weighted by molar-refractivity contribution is -0.145. The van der Waals surface area contributed by atoms with Crippen molar-refractivity contribution in [1.82, 2.24) is 0 Å². The molecule has 1 unspecified atom stereocenters. The van der Waals surface area contributed by atoms with Gasteiger partial charge in [-0.3, -0.25) is 4.90 Å². The van der Waals surface area contributed by atoms with Crippen LogP contribution in [0.2, 0.25) is 0 Å². The predicted molar refractivity (Wildman–Crippen MR) is 106 cm³/mol. The summed E-state index contributed by atoms with van der Waals surface area (Å²) in [6, 6.07) is 15.6. The lowest BCUT2D eigenvalue weighted by Crippen LogP contribution is -2.39. The van der Waals surface area contributed by atoms with Gasteiger partial charge in [0.05, 0.1) is 12.8 Å². The number of anilines is 1. The number of benzene rings is 2. The first-order valence-electron chi connectivity index (χ1n) is 8.92. The predicted octanol–water partition coefficient (Wildman–Crippen LogP) is 3.91. The van der Waals surface area contributed by atoms with Crippen LogP contribution >= 0.6 is 11.8 Å². The van der Waals surface area contributed by atoms with Crippen molar-refractivity contribution in [2.24, 2.45) is 5.16 Å². The molecule has 2 aromatic carbocycles. The number of oxime groups is 1. The minimum Gasteiger partial charge on any atom is -0.497 e. The largest absolute Gasteiger partial charge is 0.497 e. The molecule has 0 aromatic heterocycles. The first kappa shape index (κ1) is 17.2. The van der Waals surface area contributed by atoms with Gasteiger partial charge in [0, 0.05) is 15.4 Å². The molecule has 0 fully saturated rings. The van der Waals surface area contributed by atoms with E-state index in [-0.39, 0.29) is 5.97 Å². The number of fused-ring (bicyclic) bond motifs is 4. The van der Waals surface area contributed by atoms with Crippen molar-refractivity contribution in [3.8, 4) is 5.75 Å². The lowest BCUT2D eigenvalue weighted by atomic mass is 10.1. The molecule has 0 N–H and O–H groups in total. The van der Waals surface area contributed by atoms with Gasteiger partial charge in [0.15, 0.2) is 5.84 Å². The molecule has 3 aliphatic heterocycles. The van der Waals surface area contributed by atoms with Crippen molar-refractivity contribution in [1.29, 1.82) is 0 Å². The van der Waals surface area contributed by atoms with Crippen LogP contribution in [0.4, 0.5) is 5.69 Å². The van der Waals surface area contributed by atoms with Gasteiger partial charge in [-0.05, 0) is 50.2 Å². The minimum atomic E-state index is -0.702. The second-order valence-corrected chi connectivity index (χ2v) is 8.24. The summed E-state index contributed by atoms with van der Waals surface area (Å²) in [5.41, 5.74) is 1.63. The standard InChI is InChI=1S/C21H18N2O4S/c1-21(2)17-16(20(24)26-21)19-23(14-6-4-5-7-15(14)28-17)18(22-27-19)12-8-10-13(25-3)11-9-12/h4-11,19H,1-3H3. The normalized spacial score (nSPS) is 21.8. The molecule has 5 rings (SSSR count). The van der Waals surface area contributed by atoms with Gasteiger partial charge >= 0.3 is 5.97 Å². The second-order valence-electron chi connectivity index (χ2n) is 7.18. The lowest BCUT2D eigenvalue weighted by Gasteiger charge is -2.25. The van der Waals surface area contributed by atoms with E-state index in [4.69, 9.17) is 14.3 Å². The summed E-state index contributed by atoms with van der Waals surface area (Å²) in [4.78, 5) is 22.4. The SMILES string of the molecule is COc1ccc(C2=NOC3C4=C(Sc5ccccc5N23)C(C)(C)OC4=O)cc1. The van der Waals surface area contributed by atoms with Crippen LogP contribution in [0.3, 0.4) is 0 Å². The van der Waals surface area contributed by atoms with Gasteiger partial charge in [0.1, 0.15) is 16.9 Å². The number of cyclic esters (lactones) is 1. The molecule has 3 heterocycles. The number of methoxy groups -OCH3 is 1. The molecule has 28 heavy (non-hydrogen) atoms. The number of carbonyl (C=O) groups excluding carboxylic acids is 1. The van der Waals surface area contributed by atoms with E-state index in [0.29, 0.717) is 11.4 Å². The Bertz CT molecular complexity index is 1040. The molecule has 7 heteroatoms. The average molecular weight is 394 g/mol. The van der Waals surface area contributed by atoms with Crippen molar-refractivity contribution in [3.05, 3.63) is 64.6 Å². The van der Waals surface area contributed by atoms with Crippen LogP contribution in [0.5, 0.6) is 5.75 Å². The molecule has 0 bridgehead atoms. The zero-order chi connectivity index (χ0) is 19.5. The third-order valence-corrected chi connectivity index (χ3v) is 6.47. The molecule has 2 aromatic rings. The molecular formula is C21H18N2O4S. The smallest absolute Gasteiger partial charge is 0.341 e. The highest BCUT2D eigenvalue weighted by Gasteiger charge is 2.51. The molecule has 0 aliphatic carbocycles. The third-order valence-electron chi connectivity index (χ3n) is 4.99. The van der Waals surface area contributed by atoms with Crippen molar-refractivity contribution in [3.63, 3.8) is 0 Å². The minimum absolute atomic E-state index is 0.360. The van der Waals surface area contributed by atoms with E-state index >= 15 is 0 Å². The van der Waals surface area contributed by atoms with Crippen molar-refractivity contribution < 1.29 is 19.1 Å². The van der Waals surface area contributed by atoms with Gasteiger partial charge in [-0.15, -0.1) is 0 Å². The summed E-state index contributed by atoms with van der Waals surface area (Å²) in [6.07, 6.45) is -0.655. The number of carbonyl (C=O) groups is 1. The first-order valence-corrected chi connectivity index (χ1v) is 9.73. The van der Waals surface area contributed by atoms with Crippen LogP contribution < -0.4 is 9.64 Å². The maximum atomic E-state index is 12.7. The first-order chi connectivity index (χ1) is 13.5. The monoisotopic (exact) mass is 394 g/mol. The highest BCUT2D eigenvalue weighted by Crippen LogP contribution is 2.51. The molecule has 0 amide bonds. The van der Waals surface area contributed by atoms with Crippen LogP contribution in [-0.4, -0.2) is 30.7 Å². The Hall–Kier alpha value is -2.93. The number of esters is 1. The number of thioether (sulfide) groups is 1. The van der Waals surface area contributed by atoms with Gasteiger partial charge in [0.25, 0.3) is 0 Å². The number of amidine groups is 1. The fraction of sp³-hybridized carbons (Fsp3) is 0.238. The van der Waals surface area contributed by atoms with E-state index in [9.17, 15) is 4.79 Å². The van der Waals surface area contributed by atoms with Gasteiger partial charge in [0.2, 0.25) is 6.23 Å². The quantitative estimate of drug-likeness (QED) is 0.720. The Labute approximate surface area is 166 Å². The molecule has 0 spiro atoms. The fourth-order valence-electron chi connectivity index (χ4n) is 3.65. The summed E-state index contributed by atoms with van der Waals surface area (Å²) in [7, 11) is 1.63. The molecule has 142 valence electrons. The summed E-state index contributed by atoms with van der Waals surface area (Å²) >= 11 is 1.56. The topological polar surface area (TPSA) is 60.4 Å². The summed E-state index contributed by atoms with van der Waals surface area (Å²) in [5, 5.41) is 4.34. The molecule has 0 saturated heterocycles. The zero-order valence-corrected chi connectivity index (χ0v) is 16.4. The average Bonchev–Trinajstić information content (AvgIpc) is 3.15. The van der Waals surface area contributed by atoms with Gasteiger partial charge in [-0.2, -0.15) is 0 Å². The van der Waals surface area contributed by atoms with Crippen LogP contribution in [0, 0.1) is 0 Å². The Morgan fingerprint density at radius 1 is 1.14 bits per heavy atom. The molecule has 0 saturated carbocycles. The number of hydrogen-bond donors (Lipinski definition) is 0. The Kier molecular flexibility index (Phi) is 3.71. The van der Waals surface area contributed by atoms with Crippen LogP contribution in [0.1, 0.15) is 19.4 Å². The van der Waals surface area contributed by atoms with Gasteiger partial charge in [-0.25, -0.2) is 4.79 Å². The Balaban J connectivity index is 1.67. The maximum absolute atomic E-state index is 12.7. The molecule has 6 nitrogen and oxygen atoms in total. The van der Waals surface area contributed by atoms with Crippen LogP contribution in [0.15, 0.2) is 69.1 Å². The Morgan fingerprint density at radius 2 is 1.89 bits per heavy atom. The summed E-state index contributed by atoms with van der Waals surface area (Å²) in [5.74, 6) is 1.05. The molecule has 3 aliphatic rings. The molecule has 1 atom stereocenters. The summed E-state index contributed by atoms with van der Waals surface area (Å²) < 4.78 is 10.9. The number of para-hydroxylation sites is 1. The molecular weight excluding hydrogens is 376 g/mol. The third kappa shape index (κ3) is 2.43. The van der Waals surface area contributed by atoms with Crippen molar-refractivity contribution in [2.75, 3.05) is 12.0 Å². The number of nitrogens with zero attached hydrogens (tertiary/aromatic N) is 2. The van der Waals surface area contributed by atoms with Gasteiger partial charge in [-0.1, -0.05) is 29.1 Å². The number of rotatable bonds is 2. The summed E-state index contributed by atoms with van der Waals surface area (Å²) in [6.45, 7) is 3.80. The van der Waals surface area contributed by atoms with Crippen molar-refractivity contribution >= 4 is 29.3 Å². The van der Waals surface area contributed by atoms with Crippen LogP contribution in [-0.2, 0) is 14.4 Å². The highest BCUT2D eigenvalue weighted by molar-refractivity contribution is 8.03. The van der Waals surface area contributed by atoms with E-state index in [2.05, 4.69) is 5.16 Å². The van der Waals surface area contributed by atoms with E-state index < -0.39 is 11.8 Å². The highest BCUT2D eigenvalue weighted by atomic mass is 32.2. The van der Waals surface area contributed by atoms with E-state index in [1.54, 1.807) is 18.9 Å². The van der Waals surface area contributed by atoms with Crippen LogP contribution in [0.25, 0.3) is 0 Å². The zero-order valence-electron chi connectivity index (χ0n) is 15.6. The fourth-order valence-corrected chi connectivity index (χ4v) is 4.87. The van der Waals surface area contributed by atoms with E-state index in [0.717, 1.165) is 26.8 Å². The molecule has 0 radical (unpaired) electrons. The maximum Gasteiger partial charge on any atom is 0.341 e. The van der Waals surface area contributed by atoms with Gasteiger partial charge < -0.3 is 14.3 Å².